The Morgan fingerprint density at radius 3 is 2.76 bits per heavy atom. The van der Waals surface area contributed by atoms with E-state index >= 15 is 0 Å². The summed E-state index contributed by atoms with van der Waals surface area (Å²) < 4.78 is 24.6. The van der Waals surface area contributed by atoms with Crippen LogP contribution in [0.5, 0.6) is 0 Å². The number of allylic oxidation sites excluding steroid dienone is 1. The zero-order valence-corrected chi connectivity index (χ0v) is 22.2. The highest BCUT2D eigenvalue weighted by atomic mass is 19.1. The number of hydrogen-bond donors (Lipinski definition) is 2. The van der Waals surface area contributed by atoms with Crippen molar-refractivity contribution in [1.29, 1.82) is 0 Å². The first-order chi connectivity index (χ1) is 18.1. The summed E-state index contributed by atoms with van der Waals surface area (Å²) in [7, 11) is 0. The number of aromatic nitrogens is 1. The van der Waals surface area contributed by atoms with Gasteiger partial charge in [-0.25, -0.2) is 14.0 Å². The Bertz CT molecular complexity index is 1200. The average Bonchev–Trinajstić information content (AvgIpc) is 3.15. The molecular weight excluding hydrogens is 485 g/mol. The molecule has 0 bridgehead atoms. The van der Waals surface area contributed by atoms with Crippen LogP contribution in [0.25, 0.3) is 17.2 Å². The Hall–Kier alpha value is -3.42. The summed E-state index contributed by atoms with van der Waals surface area (Å²) in [4.78, 5) is 28.8. The van der Waals surface area contributed by atoms with Gasteiger partial charge in [0.05, 0.1) is 5.69 Å². The van der Waals surface area contributed by atoms with E-state index in [0.717, 1.165) is 42.5 Å². The molecule has 3 fully saturated rings. The minimum absolute atomic E-state index is 0.0713. The van der Waals surface area contributed by atoms with Crippen molar-refractivity contribution in [3.8, 4) is 11.1 Å². The third kappa shape index (κ3) is 5.84. The molecule has 2 aromatic rings. The molecule has 38 heavy (non-hydrogen) atoms. The second kappa shape index (κ2) is 10.4. The predicted molar refractivity (Wildman–Crippen MR) is 143 cm³/mol. The van der Waals surface area contributed by atoms with Gasteiger partial charge in [0, 0.05) is 29.8 Å². The highest BCUT2D eigenvalue weighted by Crippen LogP contribution is 2.56. The van der Waals surface area contributed by atoms with E-state index in [2.05, 4.69) is 21.7 Å². The first-order valence-electron chi connectivity index (χ1n) is 13.4. The summed E-state index contributed by atoms with van der Waals surface area (Å²) in [5.41, 5.74) is 1.75. The van der Waals surface area contributed by atoms with Crippen LogP contribution in [0, 0.1) is 29.0 Å². The van der Waals surface area contributed by atoms with Crippen LogP contribution in [0.1, 0.15) is 52.1 Å². The van der Waals surface area contributed by atoms with Crippen molar-refractivity contribution in [3.63, 3.8) is 0 Å². The number of nitrogens with one attached hydrogen (secondary N) is 2. The van der Waals surface area contributed by atoms with Crippen LogP contribution in [0.4, 0.5) is 14.0 Å². The molecule has 0 radical (unpaired) electrons. The number of carbonyl (C=O) groups excluding carboxylic acids is 2. The fourth-order valence-electron chi connectivity index (χ4n) is 6.51. The molecule has 2 N–H and O–H groups in total. The third-order valence-corrected chi connectivity index (χ3v) is 8.09. The SMILES string of the molecule is CC(C)(C)OC(=O)NC1CCC2C(C1)CC1(CNC(=O)OC1)C2/C=C/c1ccc(-c2cccc(F)c2)cn1. The number of fused-ring (bicyclic) bond motifs is 1. The summed E-state index contributed by atoms with van der Waals surface area (Å²) in [6.07, 6.45) is 8.97. The predicted octanol–water partition coefficient (Wildman–Crippen LogP) is 5.96. The molecule has 5 unspecified atom stereocenters. The maximum atomic E-state index is 13.6. The Labute approximate surface area is 223 Å². The molecule has 2 aliphatic carbocycles. The van der Waals surface area contributed by atoms with E-state index in [1.54, 1.807) is 12.3 Å². The number of halogens is 1. The number of cyclic esters (lactones) is 1. The molecule has 2 saturated carbocycles. The lowest BCUT2D eigenvalue weighted by molar-refractivity contribution is 0.0319. The number of amides is 2. The van der Waals surface area contributed by atoms with E-state index in [1.165, 1.54) is 12.1 Å². The molecule has 202 valence electrons. The van der Waals surface area contributed by atoms with Crippen molar-refractivity contribution in [2.45, 2.75) is 58.1 Å². The minimum atomic E-state index is -0.532. The number of carbonyl (C=O) groups is 2. The average molecular weight is 522 g/mol. The largest absolute Gasteiger partial charge is 0.449 e. The minimum Gasteiger partial charge on any atom is -0.449 e. The molecule has 3 aliphatic rings. The van der Waals surface area contributed by atoms with Gasteiger partial charge in [-0.3, -0.25) is 4.98 Å². The smallest absolute Gasteiger partial charge is 0.407 e. The molecule has 1 aromatic heterocycles. The van der Waals surface area contributed by atoms with Gasteiger partial charge in [-0.2, -0.15) is 0 Å². The number of hydrogen-bond acceptors (Lipinski definition) is 5. The molecule has 1 aromatic carbocycles. The van der Waals surface area contributed by atoms with Crippen LogP contribution >= 0.6 is 0 Å². The van der Waals surface area contributed by atoms with Crippen molar-refractivity contribution in [1.82, 2.24) is 15.6 Å². The van der Waals surface area contributed by atoms with Crippen LogP contribution in [0.3, 0.4) is 0 Å². The Kier molecular flexibility index (Phi) is 7.16. The van der Waals surface area contributed by atoms with E-state index in [9.17, 15) is 14.0 Å². The first kappa shape index (κ1) is 26.2. The number of alkyl carbamates (subject to hydrolysis) is 2. The Morgan fingerprint density at radius 1 is 1.24 bits per heavy atom. The van der Waals surface area contributed by atoms with Gasteiger partial charge in [-0.05, 0) is 94.0 Å². The Balaban J connectivity index is 1.31. The lowest BCUT2D eigenvalue weighted by atomic mass is 9.72. The van der Waals surface area contributed by atoms with Gasteiger partial charge in [0.15, 0.2) is 0 Å². The van der Waals surface area contributed by atoms with E-state index in [1.807, 2.05) is 45.0 Å². The number of nitrogens with zero attached hydrogens (tertiary/aromatic N) is 1. The Morgan fingerprint density at radius 2 is 2.08 bits per heavy atom. The number of benzene rings is 1. The number of ether oxygens (including phenoxy) is 2. The summed E-state index contributed by atoms with van der Waals surface area (Å²) in [5.74, 6) is 0.763. The zero-order chi connectivity index (χ0) is 26.9. The van der Waals surface area contributed by atoms with Gasteiger partial charge < -0.3 is 20.1 Å². The highest BCUT2D eigenvalue weighted by molar-refractivity contribution is 5.69. The van der Waals surface area contributed by atoms with Crippen molar-refractivity contribution >= 4 is 18.3 Å². The van der Waals surface area contributed by atoms with E-state index < -0.39 is 5.60 Å². The van der Waals surface area contributed by atoms with Gasteiger partial charge in [0.25, 0.3) is 0 Å². The lowest BCUT2D eigenvalue weighted by Crippen LogP contribution is -2.49. The fourth-order valence-corrected chi connectivity index (χ4v) is 6.51. The summed E-state index contributed by atoms with van der Waals surface area (Å²) in [5, 5.41) is 5.99. The molecule has 1 spiro atoms. The molecule has 5 atom stereocenters. The third-order valence-electron chi connectivity index (χ3n) is 8.09. The van der Waals surface area contributed by atoms with Crippen molar-refractivity contribution in [3.05, 3.63) is 60.2 Å². The molecule has 1 saturated heterocycles. The van der Waals surface area contributed by atoms with Crippen molar-refractivity contribution in [2.24, 2.45) is 23.2 Å². The summed E-state index contributed by atoms with van der Waals surface area (Å²) in [6, 6.07) is 10.4. The van der Waals surface area contributed by atoms with Crippen LogP contribution in [-0.4, -0.2) is 42.0 Å². The maximum Gasteiger partial charge on any atom is 0.407 e. The van der Waals surface area contributed by atoms with Gasteiger partial charge >= 0.3 is 12.2 Å². The summed E-state index contributed by atoms with van der Waals surface area (Å²) in [6.45, 7) is 6.55. The second-order valence-electron chi connectivity index (χ2n) is 11.9. The van der Waals surface area contributed by atoms with Gasteiger partial charge in [-0.1, -0.05) is 24.3 Å². The normalized spacial score (nSPS) is 29.0. The molecule has 7 nitrogen and oxygen atoms in total. The zero-order valence-electron chi connectivity index (χ0n) is 22.2. The van der Waals surface area contributed by atoms with Crippen LogP contribution in [-0.2, 0) is 9.47 Å². The molecule has 5 rings (SSSR count). The monoisotopic (exact) mass is 521 g/mol. The number of rotatable bonds is 4. The summed E-state index contributed by atoms with van der Waals surface area (Å²) >= 11 is 0. The maximum absolute atomic E-state index is 13.6. The number of pyridine rings is 1. The van der Waals surface area contributed by atoms with Crippen LogP contribution < -0.4 is 10.6 Å². The molecule has 2 amide bonds. The standard InChI is InChI=1S/C30H36FN3O4/c1-29(2,3)38-28(36)34-24-9-11-25-21(14-24)15-30(17-33-27(35)37-18-30)26(25)12-10-23-8-7-20(16-32-23)19-5-4-6-22(31)13-19/h4-8,10,12-13,16,21,24-26H,9,11,14-15,17-18H2,1-3H3,(H,33,35)(H,34,36)/b12-10+. The quantitative estimate of drug-likeness (QED) is 0.519. The molecule has 1 aliphatic heterocycles. The van der Waals surface area contributed by atoms with Crippen molar-refractivity contribution < 1.29 is 23.5 Å². The molecule has 8 heteroatoms. The fraction of sp³-hybridized carbons (Fsp3) is 0.500. The van der Waals surface area contributed by atoms with Gasteiger partial charge in [0.1, 0.15) is 18.0 Å². The van der Waals surface area contributed by atoms with Gasteiger partial charge in [0.2, 0.25) is 0 Å². The molecular formula is C30H36FN3O4. The van der Waals surface area contributed by atoms with E-state index in [-0.39, 0.29) is 35.4 Å². The highest BCUT2D eigenvalue weighted by Gasteiger charge is 2.55. The second-order valence-corrected chi connectivity index (χ2v) is 11.9. The topological polar surface area (TPSA) is 89.6 Å². The molecule has 2 heterocycles. The van der Waals surface area contributed by atoms with E-state index in [4.69, 9.17) is 9.47 Å². The van der Waals surface area contributed by atoms with Crippen molar-refractivity contribution in [2.75, 3.05) is 13.2 Å². The van der Waals surface area contributed by atoms with Gasteiger partial charge in [-0.15, -0.1) is 0 Å². The van der Waals surface area contributed by atoms with Crippen LogP contribution in [0.15, 0.2) is 48.7 Å². The van der Waals surface area contributed by atoms with Crippen LogP contribution in [0.2, 0.25) is 0 Å². The first-order valence-corrected chi connectivity index (χ1v) is 13.4. The van der Waals surface area contributed by atoms with E-state index in [0.29, 0.717) is 25.0 Å². The lowest BCUT2D eigenvalue weighted by Gasteiger charge is -2.39.